The van der Waals surface area contributed by atoms with Crippen molar-refractivity contribution in [2.75, 3.05) is 32.7 Å². The molecule has 13 heteroatoms. The van der Waals surface area contributed by atoms with Crippen LogP contribution >= 0.6 is 0 Å². The first-order chi connectivity index (χ1) is 28.3. The van der Waals surface area contributed by atoms with Crippen molar-refractivity contribution in [1.82, 2.24) is 25.3 Å². The van der Waals surface area contributed by atoms with Crippen LogP contribution in [0.1, 0.15) is 47.9 Å². The average molecular weight is 787 g/mol. The zero-order valence-electron chi connectivity index (χ0n) is 32.5. The van der Waals surface area contributed by atoms with Gasteiger partial charge in [0.1, 0.15) is 13.2 Å². The van der Waals surface area contributed by atoms with E-state index in [0.717, 1.165) is 22.3 Å². The van der Waals surface area contributed by atoms with Crippen LogP contribution in [-0.2, 0) is 45.1 Å². The fourth-order valence-corrected chi connectivity index (χ4v) is 7.12. The Morgan fingerprint density at radius 1 is 0.603 bits per heavy atom. The number of β-lactam (4-membered cyclic amide) rings is 1. The molecule has 2 unspecified atom stereocenters. The van der Waals surface area contributed by atoms with Crippen LogP contribution in [0.3, 0.4) is 0 Å². The molecule has 4 aromatic carbocycles. The predicted molar refractivity (Wildman–Crippen MR) is 218 cm³/mol. The van der Waals surface area contributed by atoms with E-state index in [4.69, 9.17) is 9.47 Å². The summed E-state index contributed by atoms with van der Waals surface area (Å²) < 4.78 is 10.7. The number of carbonyl (C=O) groups is 5. The number of piperazine rings is 1. The van der Waals surface area contributed by atoms with Crippen molar-refractivity contribution in [3.8, 4) is 0 Å². The number of nitrogens with one attached hydrogen (secondary N) is 2. The minimum absolute atomic E-state index is 0.0182. The Bertz CT molecular complexity index is 1930. The molecule has 2 aliphatic heterocycles. The molecular weight excluding hydrogens is 737 g/mol. The standard InChI is InChI=1S/C45H50N6O7/c52-40(26-24-35-16-7-2-8-17-35)49-28-30-50(31-29-49)45(56)51-39(25-23-34-14-5-1-6-15-34)38(41(51)53)22-13-27-46-42(47-43(54)57-32-36-18-9-3-10-19-36)48-44(55)58-33-37-20-11-4-12-21-37/h1-12,14-21,38-39H,13,22-33H2,(H2,46,47,48,54,55). The van der Waals surface area contributed by atoms with Crippen LogP contribution in [0, 0.1) is 5.92 Å². The maximum atomic E-state index is 13.9. The van der Waals surface area contributed by atoms with Gasteiger partial charge in [-0.05, 0) is 54.4 Å². The average Bonchev–Trinajstić information content (AvgIpc) is 3.26. The molecule has 0 radical (unpaired) electrons. The molecule has 13 nitrogen and oxygen atoms in total. The van der Waals surface area contributed by atoms with E-state index in [-0.39, 0.29) is 49.6 Å². The van der Waals surface area contributed by atoms with Crippen molar-refractivity contribution >= 4 is 36.0 Å². The van der Waals surface area contributed by atoms with Crippen LogP contribution in [0.25, 0.3) is 0 Å². The molecule has 0 spiro atoms. The molecule has 2 aliphatic rings. The number of hydrogen-bond acceptors (Lipinski definition) is 8. The summed E-state index contributed by atoms with van der Waals surface area (Å²) >= 11 is 0. The summed E-state index contributed by atoms with van der Waals surface area (Å²) in [6, 6.07) is 37.5. The van der Waals surface area contributed by atoms with E-state index in [9.17, 15) is 24.0 Å². The number of aryl methyl sites for hydroxylation is 2. The van der Waals surface area contributed by atoms with Crippen LogP contribution in [0.4, 0.5) is 14.4 Å². The highest BCUT2D eigenvalue weighted by atomic mass is 16.6. The van der Waals surface area contributed by atoms with Gasteiger partial charge in [-0.3, -0.25) is 30.1 Å². The van der Waals surface area contributed by atoms with Gasteiger partial charge in [-0.2, -0.15) is 0 Å². The molecule has 0 aromatic heterocycles. The first-order valence-corrected chi connectivity index (χ1v) is 19.8. The molecule has 58 heavy (non-hydrogen) atoms. The number of hydrogen-bond donors (Lipinski definition) is 2. The molecule has 2 fully saturated rings. The van der Waals surface area contributed by atoms with Crippen molar-refractivity contribution in [3.05, 3.63) is 144 Å². The number of rotatable bonds is 14. The summed E-state index contributed by atoms with van der Waals surface area (Å²) in [5.74, 6) is -0.731. The fourth-order valence-electron chi connectivity index (χ4n) is 7.12. The molecule has 2 atom stereocenters. The van der Waals surface area contributed by atoms with Crippen molar-refractivity contribution in [2.24, 2.45) is 10.9 Å². The maximum Gasteiger partial charge on any atom is 0.414 e. The van der Waals surface area contributed by atoms with Crippen LogP contribution < -0.4 is 10.6 Å². The van der Waals surface area contributed by atoms with E-state index >= 15 is 0 Å². The molecule has 2 heterocycles. The van der Waals surface area contributed by atoms with Crippen molar-refractivity contribution in [3.63, 3.8) is 0 Å². The van der Waals surface area contributed by atoms with Crippen LogP contribution in [0.5, 0.6) is 0 Å². The van der Waals surface area contributed by atoms with Gasteiger partial charge < -0.3 is 19.3 Å². The smallest absolute Gasteiger partial charge is 0.414 e. The van der Waals surface area contributed by atoms with Gasteiger partial charge in [-0.1, -0.05) is 121 Å². The number of urea groups is 1. The number of amides is 6. The molecule has 6 rings (SSSR count). The Labute approximate surface area is 339 Å². The van der Waals surface area contributed by atoms with Gasteiger partial charge in [0.05, 0.1) is 12.0 Å². The number of benzene rings is 4. The highest BCUT2D eigenvalue weighted by Crippen LogP contribution is 2.35. The van der Waals surface area contributed by atoms with Crippen molar-refractivity contribution < 1.29 is 33.4 Å². The lowest BCUT2D eigenvalue weighted by Gasteiger charge is -2.48. The van der Waals surface area contributed by atoms with Gasteiger partial charge in [0.2, 0.25) is 17.8 Å². The summed E-state index contributed by atoms with van der Waals surface area (Å²) in [6.07, 6.45) is 1.61. The Kier molecular flexibility index (Phi) is 15.0. The molecular formula is C45H50N6O7. The number of likely N-dealkylation sites (tertiary alicyclic amines) is 1. The Hall–Kier alpha value is -6.50. The second kappa shape index (κ2) is 21.1. The van der Waals surface area contributed by atoms with E-state index in [1.807, 2.05) is 121 Å². The number of guanidine groups is 1. The lowest BCUT2D eigenvalue weighted by molar-refractivity contribution is -0.152. The van der Waals surface area contributed by atoms with Gasteiger partial charge >= 0.3 is 18.2 Å². The van der Waals surface area contributed by atoms with Gasteiger partial charge in [0.25, 0.3) is 0 Å². The molecule has 0 aliphatic carbocycles. The Morgan fingerprint density at radius 3 is 1.59 bits per heavy atom. The van der Waals surface area contributed by atoms with Crippen LogP contribution in [0.2, 0.25) is 0 Å². The normalized spacial score (nSPS) is 16.1. The zero-order chi connectivity index (χ0) is 40.5. The second-order valence-electron chi connectivity index (χ2n) is 14.3. The molecule has 2 saturated heterocycles. The molecule has 302 valence electrons. The quantitative estimate of drug-likeness (QED) is 0.0657. The van der Waals surface area contributed by atoms with E-state index in [2.05, 4.69) is 15.6 Å². The summed E-state index contributed by atoms with van der Waals surface area (Å²) in [5.41, 5.74) is 3.80. The lowest BCUT2D eigenvalue weighted by atomic mass is 9.80. The molecule has 2 N–H and O–H groups in total. The third-order valence-corrected chi connectivity index (χ3v) is 10.3. The van der Waals surface area contributed by atoms with Crippen LogP contribution in [-0.4, -0.2) is 89.5 Å². The number of aliphatic imine (C=N–C) groups is 1. The Balaban J connectivity index is 1.04. The molecule has 0 bridgehead atoms. The second-order valence-corrected chi connectivity index (χ2v) is 14.3. The largest absolute Gasteiger partial charge is 0.444 e. The first kappa shape index (κ1) is 41.1. The minimum Gasteiger partial charge on any atom is -0.444 e. The molecule has 4 aromatic rings. The highest BCUT2D eigenvalue weighted by Gasteiger charge is 2.50. The van der Waals surface area contributed by atoms with Crippen molar-refractivity contribution in [1.29, 1.82) is 0 Å². The highest BCUT2D eigenvalue weighted by molar-refractivity contribution is 6.02. The third-order valence-electron chi connectivity index (χ3n) is 10.3. The van der Waals surface area contributed by atoms with E-state index in [0.29, 0.717) is 64.7 Å². The van der Waals surface area contributed by atoms with E-state index < -0.39 is 18.1 Å². The lowest BCUT2D eigenvalue weighted by Crippen LogP contribution is -2.67. The Morgan fingerprint density at radius 2 is 1.07 bits per heavy atom. The summed E-state index contributed by atoms with van der Waals surface area (Å²) in [7, 11) is 0. The van der Waals surface area contributed by atoms with Crippen LogP contribution in [0.15, 0.2) is 126 Å². The number of ether oxygens (including phenoxy) is 2. The summed E-state index contributed by atoms with van der Waals surface area (Å²) in [6.45, 7) is 1.75. The number of carbonyl (C=O) groups excluding carboxylic acids is 5. The van der Waals surface area contributed by atoms with Gasteiger partial charge in [0, 0.05) is 39.1 Å². The monoisotopic (exact) mass is 786 g/mol. The SMILES string of the molecule is O=C(NC(=NCCCC1C(=O)N(C(=O)N2CCN(C(=O)CCc3ccccc3)CC2)C1CCc1ccccc1)NC(=O)OCc1ccccc1)OCc1ccccc1. The molecule has 6 amide bonds. The van der Waals surface area contributed by atoms with E-state index in [1.54, 1.807) is 9.80 Å². The maximum absolute atomic E-state index is 13.9. The fraction of sp³-hybridized carbons (Fsp3) is 0.333. The zero-order valence-corrected chi connectivity index (χ0v) is 32.5. The topological polar surface area (TPSA) is 150 Å². The predicted octanol–water partition coefficient (Wildman–Crippen LogP) is 6.33. The summed E-state index contributed by atoms with van der Waals surface area (Å²) in [5, 5.41) is 5.00. The number of alkyl carbamates (subject to hydrolysis) is 2. The van der Waals surface area contributed by atoms with Crippen molar-refractivity contribution in [2.45, 2.75) is 57.8 Å². The van der Waals surface area contributed by atoms with Gasteiger partial charge in [0.15, 0.2) is 0 Å². The van der Waals surface area contributed by atoms with E-state index in [1.165, 1.54) is 4.90 Å². The minimum atomic E-state index is -0.812. The number of imide groups is 1. The number of nitrogens with zero attached hydrogens (tertiary/aromatic N) is 4. The van der Waals surface area contributed by atoms with Gasteiger partial charge in [-0.15, -0.1) is 0 Å². The van der Waals surface area contributed by atoms with Gasteiger partial charge in [-0.25, -0.2) is 14.4 Å². The summed E-state index contributed by atoms with van der Waals surface area (Å²) in [4.78, 5) is 75.2. The molecule has 0 saturated carbocycles. The first-order valence-electron chi connectivity index (χ1n) is 19.8. The third kappa shape index (κ3) is 12.0.